The molecular formula is C24H29N5O2S. The fourth-order valence-electron chi connectivity index (χ4n) is 4.65. The van der Waals surface area contributed by atoms with Crippen LogP contribution in [0.2, 0.25) is 0 Å². The van der Waals surface area contributed by atoms with Gasteiger partial charge in [-0.3, -0.25) is 0 Å². The summed E-state index contributed by atoms with van der Waals surface area (Å²) in [6, 6.07) is 7.33. The molecule has 1 aliphatic carbocycles. The number of urea groups is 1. The molecule has 2 amide bonds. The van der Waals surface area contributed by atoms with Gasteiger partial charge in [0.1, 0.15) is 22.2 Å². The van der Waals surface area contributed by atoms with E-state index in [1.165, 1.54) is 22.2 Å². The molecule has 2 aromatic heterocycles. The number of nitrogens with zero attached hydrogens (tertiary/aromatic N) is 4. The maximum absolute atomic E-state index is 12.8. The lowest BCUT2D eigenvalue weighted by Gasteiger charge is -2.36. The minimum Gasteiger partial charge on any atom is -0.497 e. The molecule has 1 N–H and O–H groups in total. The van der Waals surface area contributed by atoms with E-state index in [4.69, 9.17) is 14.7 Å². The molecule has 32 heavy (non-hydrogen) atoms. The average molecular weight is 452 g/mol. The van der Waals surface area contributed by atoms with Crippen LogP contribution in [0.15, 0.2) is 24.3 Å². The first-order valence-electron chi connectivity index (χ1n) is 11.3. The molecule has 5 rings (SSSR count). The zero-order valence-corrected chi connectivity index (χ0v) is 19.7. The second-order valence-electron chi connectivity index (χ2n) is 8.76. The number of nitrogens with one attached hydrogen (secondary N) is 1. The SMILES string of the molecule is COc1ccc(NC(=O)N2CCN(c3nc(C)nc4sc5c(c34)CC[C@H](C)C5)CC2)cc1. The minimum absolute atomic E-state index is 0.0688. The van der Waals surface area contributed by atoms with E-state index in [9.17, 15) is 4.79 Å². The number of hydrogen-bond donors (Lipinski definition) is 1. The van der Waals surface area contributed by atoms with Gasteiger partial charge in [0.25, 0.3) is 0 Å². The van der Waals surface area contributed by atoms with Crippen LogP contribution in [-0.4, -0.2) is 54.2 Å². The Labute approximate surface area is 192 Å². The standard InChI is InChI=1S/C24H29N5O2S/c1-15-4-9-19-20(14-15)32-23-21(19)22(25-16(2)26-23)28-10-12-29(13-11-28)24(30)27-17-5-7-18(31-3)8-6-17/h5-8,15H,4,9-14H2,1-3H3,(H,27,30)/t15-/m0/s1. The number of anilines is 2. The Morgan fingerprint density at radius 2 is 1.91 bits per heavy atom. The third-order valence-corrected chi connectivity index (χ3v) is 7.60. The highest BCUT2D eigenvalue weighted by atomic mass is 32.1. The van der Waals surface area contributed by atoms with Crippen molar-refractivity contribution in [1.82, 2.24) is 14.9 Å². The zero-order chi connectivity index (χ0) is 22.2. The molecule has 3 heterocycles. The van der Waals surface area contributed by atoms with Gasteiger partial charge in [-0.1, -0.05) is 6.92 Å². The van der Waals surface area contributed by atoms with Gasteiger partial charge in [0.15, 0.2) is 0 Å². The molecule has 1 aromatic carbocycles. The molecule has 1 fully saturated rings. The van der Waals surface area contributed by atoms with Gasteiger partial charge in [0.2, 0.25) is 0 Å². The number of carbonyl (C=O) groups excluding carboxylic acids is 1. The molecule has 7 nitrogen and oxygen atoms in total. The van der Waals surface area contributed by atoms with Crippen LogP contribution in [0.4, 0.5) is 16.3 Å². The van der Waals surface area contributed by atoms with Crippen molar-refractivity contribution in [3.05, 3.63) is 40.5 Å². The normalized spacial score (nSPS) is 18.5. The van der Waals surface area contributed by atoms with E-state index < -0.39 is 0 Å². The van der Waals surface area contributed by atoms with Crippen molar-refractivity contribution in [1.29, 1.82) is 0 Å². The number of fused-ring (bicyclic) bond motifs is 3. The predicted octanol–water partition coefficient (Wildman–Crippen LogP) is 4.49. The molecule has 1 saturated heterocycles. The van der Waals surface area contributed by atoms with Gasteiger partial charge in [-0.05, 0) is 61.9 Å². The van der Waals surface area contributed by atoms with Crippen molar-refractivity contribution in [2.75, 3.05) is 43.5 Å². The summed E-state index contributed by atoms with van der Waals surface area (Å²) in [5, 5.41) is 4.23. The van der Waals surface area contributed by atoms with Crippen LogP contribution in [0.1, 0.15) is 29.6 Å². The molecule has 8 heteroatoms. The molecule has 1 aliphatic heterocycles. The van der Waals surface area contributed by atoms with Crippen LogP contribution in [0.5, 0.6) is 5.75 Å². The summed E-state index contributed by atoms with van der Waals surface area (Å²) in [6.45, 7) is 7.17. The number of benzene rings is 1. The lowest BCUT2D eigenvalue weighted by atomic mass is 9.89. The molecule has 0 radical (unpaired) electrons. The van der Waals surface area contributed by atoms with Gasteiger partial charge in [0, 0.05) is 36.7 Å². The van der Waals surface area contributed by atoms with Gasteiger partial charge in [-0.2, -0.15) is 0 Å². The van der Waals surface area contributed by atoms with E-state index in [2.05, 4.69) is 17.1 Å². The first-order valence-corrected chi connectivity index (χ1v) is 12.1. The molecule has 1 atom stereocenters. The summed E-state index contributed by atoms with van der Waals surface area (Å²) in [5.41, 5.74) is 2.23. The fourth-order valence-corrected chi connectivity index (χ4v) is 6.08. The number of aryl methyl sites for hydroxylation is 2. The number of thiophene rings is 1. The van der Waals surface area contributed by atoms with Crippen LogP contribution < -0.4 is 15.0 Å². The van der Waals surface area contributed by atoms with Crippen molar-refractivity contribution in [3.8, 4) is 5.75 Å². The van der Waals surface area contributed by atoms with Crippen molar-refractivity contribution in [2.45, 2.75) is 33.1 Å². The van der Waals surface area contributed by atoms with E-state index in [0.717, 1.165) is 59.8 Å². The summed E-state index contributed by atoms with van der Waals surface area (Å²) >= 11 is 1.84. The summed E-state index contributed by atoms with van der Waals surface area (Å²) in [6.07, 6.45) is 3.49. The largest absolute Gasteiger partial charge is 0.497 e. The highest BCUT2D eigenvalue weighted by Crippen LogP contribution is 2.41. The van der Waals surface area contributed by atoms with Gasteiger partial charge in [-0.15, -0.1) is 11.3 Å². The molecule has 2 aliphatic rings. The topological polar surface area (TPSA) is 70.6 Å². The van der Waals surface area contributed by atoms with Crippen molar-refractivity contribution in [3.63, 3.8) is 0 Å². The van der Waals surface area contributed by atoms with Crippen LogP contribution in [0.25, 0.3) is 10.2 Å². The first kappa shape index (κ1) is 21.0. The molecular weight excluding hydrogens is 422 g/mol. The third-order valence-electron chi connectivity index (χ3n) is 6.46. The molecule has 0 bridgehead atoms. The number of carbonyl (C=O) groups is 1. The fraction of sp³-hybridized carbons (Fsp3) is 0.458. The summed E-state index contributed by atoms with van der Waals surface area (Å²) in [5.74, 6) is 3.38. The molecule has 0 unspecified atom stereocenters. The molecule has 168 valence electrons. The van der Waals surface area contributed by atoms with E-state index in [1.807, 2.05) is 47.4 Å². The Kier molecular flexibility index (Phi) is 5.63. The summed E-state index contributed by atoms with van der Waals surface area (Å²) < 4.78 is 5.18. The number of ether oxygens (including phenoxy) is 1. The molecule has 0 saturated carbocycles. The average Bonchev–Trinajstić information content (AvgIpc) is 3.16. The van der Waals surface area contributed by atoms with Gasteiger partial charge >= 0.3 is 6.03 Å². The van der Waals surface area contributed by atoms with Gasteiger partial charge in [0.05, 0.1) is 12.5 Å². The third kappa shape index (κ3) is 3.99. The quantitative estimate of drug-likeness (QED) is 0.635. The Morgan fingerprint density at radius 1 is 1.16 bits per heavy atom. The Hall–Kier alpha value is -2.87. The number of methoxy groups -OCH3 is 1. The molecule has 0 spiro atoms. The van der Waals surface area contributed by atoms with Crippen LogP contribution in [0, 0.1) is 12.8 Å². The van der Waals surface area contributed by atoms with Crippen LogP contribution >= 0.6 is 11.3 Å². The lowest BCUT2D eigenvalue weighted by Crippen LogP contribution is -2.50. The Balaban J connectivity index is 1.31. The number of aromatic nitrogens is 2. The van der Waals surface area contributed by atoms with E-state index in [0.29, 0.717) is 13.1 Å². The second-order valence-corrected chi connectivity index (χ2v) is 9.84. The minimum atomic E-state index is -0.0688. The van der Waals surface area contributed by atoms with E-state index in [1.54, 1.807) is 7.11 Å². The molecule has 3 aromatic rings. The van der Waals surface area contributed by atoms with Crippen LogP contribution in [0.3, 0.4) is 0 Å². The zero-order valence-electron chi connectivity index (χ0n) is 18.9. The Morgan fingerprint density at radius 3 is 2.62 bits per heavy atom. The maximum Gasteiger partial charge on any atom is 0.321 e. The highest BCUT2D eigenvalue weighted by molar-refractivity contribution is 7.19. The van der Waals surface area contributed by atoms with Crippen molar-refractivity contribution >= 4 is 39.1 Å². The number of amides is 2. The van der Waals surface area contributed by atoms with Gasteiger partial charge in [-0.25, -0.2) is 14.8 Å². The lowest BCUT2D eigenvalue weighted by molar-refractivity contribution is 0.208. The van der Waals surface area contributed by atoms with Crippen LogP contribution in [-0.2, 0) is 12.8 Å². The highest BCUT2D eigenvalue weighted by Gasteiger charge is 2.28. The number of hydrogen-bond acceptors (Lipinski definition) is 6. The predicted molar refractivity (Wildman–Crippen MR) is 129 cm³/mol. The number of rotatable bonds is 3. The second kappa shape index (κ2) is 8.58. The van der Waals surface area contributed by atoms with Crippen molar-refractivity contribution < 1.29 is 9.53 Å². The Bertz CT molecular complexity index is 1140. The first-order chi connectivity index (χ1) is 15.5. The van der Waals surface area contributed by atoms with Crippen molar-refractivity contribution in [2.24, 2.45) is 5.92 Å². The van der Waals surface area contributed by atoms with E-state index >= 15 is 0 Å². The van der Waals surface area contributed by atoms with E-state index in [-0.39, 0.29) is 6.03 Å². The maximum atomic E-state index is 12.8. The number of piperazine rings is 1. The monoisotopic (exact) mass is 451 g/mol. The van der Waals surface area contributed by atoms with Gasteiger partial charge < -0.3 is 19.9 Å². The summed E-state index contributed by atoms with van der Waals surface area (Å²) in [7, 11) is 1.63. The summed E-state index contributed by atoms with van der Waals surface area (Å²) in [4.78, 5) is 29.2. The smallest absolute Gasteiger partial charge is 0.321 e.